The minimum absolute atomic E-state index is 0.245. The summed E-state index contributed by atoms with van der Waals surface area (Å²) < 4.78 is 1.72. The number of fused-ring (bicyclic) bond motifs is 1. The number of hydrogen-bond acceptors (Lipinski definition) is 4. The molecule has 0 unspecified atom stereocenters. The van der Waals surface area contributed by atoms with Gasteiger partial charge < -0.3 is 5.73 Å². The second-order valence-electron chi connectivity index (χ2n) is 4.05. The van der Waals surface area contributed by atoms with Gasteiger partial charge in [-0.2, -0.15) is 0 Å². The maximum Gasteiger partial charge on any atom is 0.328 e. The topological polar surface area (TPSA) is 92.7 Å². The van der Waals surface area contributed by atoms with Gasteiger partial charge in [0.1, 0.15) is 0 Å². The van der Waals surface area contributed by atoms with Gasteiger partial charge in [-0.05, 0) is 12.1 Å². The molecule has 3 N–H and O–H groups in total. The van der Waals surface area contributed by atoms with Gasteiger partial charge in [-0.1, -0.05) is 0 Å². The molecule has 2 aromatic rings. The van der Waals surface area contributed by atoms with Crippen LogP contribution < -0.4 is 16.0 Å². The van der Waals surface area contributed by atoms with Crippen molar-refractivity contribution in [1.29, 1.82) is 0 Å². The highest BCUT2D eigenvalue weighted by molar-refractivity contribution is 6.05. The number of hydrogen-bond donors (Lipinski definition) is 2. The van der Waals surface area contributed by atoms with E-state index in [1.165, 1.54) is 4.90 Å². The SMILES string of the molecule is Nc1ncc2cc(N3CCC(=O)NC3=O)ccn12. The number of carbonyl (C=O) groups excluding carboxylic acids is 2. The average Bonchev–Trinajstić information content (AvgIpc) is 2.71. The third-order valence-corrected chi connectivity index (χ3v) is 2.91. The maximum atomic E-state index is 11.7. The Kier molecular flexibility index (Phi) is 2.19. The minimum Gasteiger partial charge on any atom is -0.369 e. The summed E-state index contributed by atoms with van der Waals surface area (Å²) in [6.07, 6.45) is 3.68. The Morgan fingerprint density at radius 3 is 3.00 bits per heavy atom. The van der Waals surface area contributed by atoms with Crippen LogP contribution in [0.4, 0.5) is 16.4 Å². The Labute approximate surface area is 102 Å². The maximum absolute atomic E-state index is 11.7. The first-order chi connectivity index (χ1) is 8.65. The molecule has 2 aromatic heterocycles. The predicted octanol–water partition coefficient (Wildman–Crippen LogP) is 0.363. The van der Waals surface area contributed by atoms with Gasteiger partial charge in [0.2, 0.25) is 11.9 Å². The van der Waals surface area contributed by atoms with Crippen molar-refractivity contribution in [1.82, 2.24) is 14.7 Å². The number of nitrogens with zero attached hydrogens (tertiary/aromatic N) is 3. The van der Waals surface area contributed by atoms with Crippen molar-refractivity contribution in [2.45, 2.75) is 6.42 Å². The fourth-order valence-electron chi connectivity index (χ4n) is 1.99. The highest BCUT2D eigenvalue weighted by Gasteiger charge is 2.24. The van der Waals surface area contributed by atoms with Crippen molar-refractivity contribution in [3.05, 3.63) is 24.5 Å². The summed E-state index contributed by atoms with van der Waals surface area (Å²) in [7, 11) is 0. The molecule has 3 rings (SSSR count). The highest BCUT2D eigenvalue weighted by atomic mass is 16.2. The highest BCUT2D eigenvalue weighted by Crippen LogP contribution is 2.20. The van der Waals surface area contributed by atoms with E-state index in [1.807, 2.05) is 0 Å². The zero-order valence-corrected chi connectivity index (χ0v) is 9.46. The zero-order chi connectivity index (χ0) is 12.7. The lowest BCUT2D eigenvalue weighted by atomic mass is 10.2. The Balaban J connectivity index is 1.99. The number of nitrogens with one attached hydrogen (secondary N) is 1. The summed E-state index contributed by atoms with van der Waals surface area (Å²) in [5.41, 5.74) is 7.18. The molecule has 3 heterocycles. The lowest BCUT2D eigenvalue weighted by Gasteiger charge is -2.26. The summed E-state index contributed by atoms with van der Waals surface area (Å²) in [5.74, 6) is 0.153. The molecule has 18 heavy (non-hydrogen) atoms. The Bertz CT molecular complexity index is 648. The summed E-state index contributed by atoms with van der Waals surface area (Å²) >= 11 is 0. The van der Waals surface area contributed by atoms with Gasteiger partial charge in [-0.25, -0.2) is 9.78 Å². The number of amides is 3. The van der Waals surface area contributed by atoms with Gasteiger partial charge in [0.15, 0.2) is 0 Å². The van der Waals surface area contributed by atoms with E-state index < -0.39 is 6.03 Å². The van der Waals surface area contributed by atoms with E-state index in [0.717, 1.165) is 5.52 Å². The Morgan fingerprint density at radius 1 is 1.39 bits per heavy atom. The Morgan fingerprint density at radius 2 is 2.22 bits per heavy atom. The molecule has 92 valence electrons. The molecule has 7 nitrogen and oxygen atoms in total. The molecule has 0 aliphatic carbocycles. The van der Waals surface area contributed by atoms with Crippen LogP contribution in [0, 0.1) is 0 Å². The van der Waals surface area contributed by atoms with Crippen molar-refractivity contribution in [2.24, 2.45) is 0 Å². The number of urea groups is 1. The molecule has 7 heteroatoms. The van der Waals surface area contributed by atoms with Crippen LogP contribution in [0.1, 0.15) is 6.42 Å². The normalized spacial score (nSPS) is 16.1. The van der Waals surface area contributed by atoms with Crippen LogP contribution >= 0.6 is 0 Å². The molecule has 0 spiro atoms. The van der Waals surface area contributed by atoms with Crippen LogP contribution in [0.15, 0.2) is 24.5 Å². The third kappa shape index (κ3) is 1.56. The lowest BCUT2D eigenvalue weighted by molar-refractivity contribution is -0.120. The molecule has 1 fully saturated rings. The monoisotopic (exact) mass is 245 g/mol. The van der Waals surface area contributed by atoms with Crippen LogP contribution in [-0.2, 0) is 4.79 Å². The van der Waals surface area contributed by atoms with Gasteiger partial charge >= 0.3 is 6.03 Å². The lowest BCUT2D eigenvalue weighted by Crippen LogP contribution is -2.49. The molecule has 1 aliphatic heterocycles. The number of aromatic nitrogens is 2. The average molecular weight is 245 g/mol. The van der Waals surface area contributed by atoms with E-state index in [4.69, 9.17) is 5.73 Å². The first-order valence-corrected chi connectivity index (χ1v) is 5.49. The molecule has 1 saturated heterocycles. The van der Waals surface area contributed by atoms with Crippen molar-refractivity contribution < 1.29 is 9.59 Å². The first kappa shape index (κ1) is 10.6. The second kappa shape index (κ2) is 3.73. The number of nitrogen functional groups attached to an aromatic ring is 1. The van der Waals surface area contributed by atoms with Crippen LogP contribution in [0.25, 0.3) is 5.52 Å². The molecule has 0 aromatic carbocycles. The van der Waals surface area contributed by atoms with E-state index in [0.29, 0.717) is 24.6 Å². The number of imide groups is 1. The van der Waals surface area contributed by atoms with Crippen molar-refractivity contribution in [3.63, 3.8) is 0 Å². The quantitative estimate of drug-likeness (QED) is 0.758. The van der Waals surface area contributed by atoms with E-state index in [2.05, 4.69) is 10.3 Å². The third-order valence-electron chi connectivity index (χ3n) is 2.91. The number of rotatable bonds is 1. The number of carbonyl (C=O) groups is 2. The summed E-state index contributed by atoms with van der Waals surface area (Å²) in [6.45, 7) is 0.379. The van der Waals surface area contributed by atoms with Gasteiger partial charge in [-0.15, -0.1) is 0 Å². The number of nitrogens with two attached hydrogens (primary N) is 1. The standard InChI is InChI=1S/C11H11N5O2/c12-10-13-6-8-5-7(1-3-15(8)10)16-4-2-9(17)14-11(16)18/h1,3,5-6H,2,4H2,(H2,12,13)(H,14,17,18). The van der Waals surface area contributed by atoms with Crippen LogP contribution in [0.5, 0.6) is 0 Å². The molecule has 0 atom stereocenters. The fraction of sp³-hybridized carbons (Fsp3) is 0.182. The predicted molar refractivity (Wildman–Crippen MR) is 65.1 cm³/mol. The zero-order valence-electron chi connectivity index (χ0n) is 9.46. The first-order valence-electron chi connectivity index (χ1n) is 5.49. The van der Waals surface area contributed by atoms with Crippen molar-refractivity contribution in [3.8, 4) is 0 Å². The van der Waals surface area contributed by atoms with E-state index in [1.54, 1.807) is 28.9 Å². The largest absolute Gasteiger partial charge is 0.369 e. The Hall–Kier alpha value is -2.57. The van der Waals surface area contributed by atoms with E-state index in [-0.39, 0.29) is 5.91 Å². The molecule has 1 aliphatic rings. The number of pyridine rings is 1. The van der Waals surface area contributed by atoms with Gasteiger partial charge in [0.25, 0.3) is 0 Å². The molecular weight excluding hydrogens is 234 g/mol. The van der Waals surface area contributed by atoms with Gasteiger partial charge in [0.05, 0.1) is 11.7 Å². The fourth-order valence-corrected chi connectivity index (χ4v) is 1.99. The smallest absolute Gasteiger partial charge is 0.328 e. The summed E-state index contributed by atoms with van der Waals surface area (Å²) in [5, 5.41) is 2.28. The summed E-state index contributed by atoms with van der Waals surface area (Å²) in [4.78, 5) is 28.3. The van der Waals surface area contributed by atoms with Crippen LogP contribution in [-0.4, -0.2) is 27.9 Å². The van der Waals surface area contributed by atoms with Crippen molar-refractivity contribution >= 4 is 29.1 Å². The van der Waals surface area contributed by atoms with E-state index in [9.17, 15) is 9.59 Å². The number of imidazole rings is 1. The number of anilines is 2. The van der Waals surface area contributed by atoms with Crippen LogP contribution in [0.2, 0.25) is 0 Å². The molecule has 0 saturated carbocycles. The van der Waals surface area contributed by atoms with Crippen molar-refractivity contribution in [2.75, 3.05) is 17.2 Å². The molecule has 0 radical (unpaired) electrons. The van der Waals surface area contributed by atoms with Crippen LogP contribution in [0.3, 0.4) is 0 Å². The second-order valence-corrected chi connectivity index (χ2v) is 4.05. The summed E-state index contributed by atoms with van der Waals surface area (Å²) in [6, 6.07) is 3.17. The minimum atomic E-state index is -0.400. The molecular formula is C11H11N5O2. The molecule has 3 amide bonds. The van der Waals surface area contributed by atoms with Gasteiger partial charge in [-0.3, -0.25) is 19.4 Å². The molecule has 0 bridgehead atoms. The van der Waals surface area contributed by atoms with E-state index >= 15 is 0 Å². The van der Waals surface area contributed by atoms with Gasteiger partial charge in [0, 0.05) is 24.8 Å².